The van der Waals surface area contributed by atoms with Crippen molar-refractivity contribution < 1.29 is 27.2 Å². The van der Waals surface area contributed by atoms with Gasteiger partial charge in [0.15, 0.2) is 5.78 Å². The van der Waals surface area contributed by atoms with E-state index in [1.165, 1.54) is 26.1 Å². The smallest absolute Gasteiger partial charge is 0.355 e. The molecule has 0 aliphatic carbocycles. The lowest BCUT2D eigenvalue weighted by Gasteiger charge is -2.18. The molecule has 0 fully saturated rings. The highest BCUT2D eigenvalue weighted by molar-refractivity contribution is 8.00. The molecule has 0 radical (unpaired) electrons. The minimum Gasteiger partial charge on any atom is -0.355 e. The maximum atomic E-state index is 13.8. The number of alkyl halides is 3. The monoisotopic (exact) mass is 380 g/mol. The van der Waals surface area contributed by atoms with Gasteiger partial charge in [0.1, 0.15) is 5.82 Å². The molecule has 0 saturated heterocycles. The quantitative estimate of drug-likeness (QED) is 0.310. The molecule has 4 nitrogen and oxygen atoms in total. The van der Waals surface area contributed by atoms with Crippen LogP contribution in [0.15, 0.2) is 23.1 Å². The molecule has 0 aliphatic heterocycles. The summed E-state index contributed by atoms with van der Waals surface area (Å²) in [4.78, 5) is 24.2. The number of carbonyl (C=O) groups is 2. The molecule has 0 aromatic heterocycles. The number of carbonyl (C=O) groups excluding carboxylic acids is 2. The van der Waals surface area contributed by atoms with Crippen molar-refractivity contribution in [2.75, 3.05) is 32.4 Å². The average molecular weight is 380 g/mol. The SMILES string of the molecule is CC(=O)c1ccc(SCC(=O)NCCCN(C)CC(F)(F)F)c(F)c1. The standard InChI is InChI=1S/C16H20F4N2O2S/c1-11(23)12-4-5-14(13(17)8-12)25-9-15(24)21-6-3-7-22(2)10-16(18,19)20/h4-5,8H,3,6-7,9-10H2,1-2H3,(H,21,24). The lowest BCUT2D eigenvalue weighted by molar-refractivity contribution is -0.143. The summed E-state index contributed by atoms with van der Waals surface area (Å²) < 4.78 is 50.2. The van der Waals surface area contributed by atoms with Gasteiger partial charge in [0.2, 0.25) is 5.91 Å². The van der Waals surface area contributed by atoms with E-state index in [1.807, 2.05) is 0 Å². The van der Waals surface area contributed by atoms with Crippen molar-refractivity contribution in [2.24, 2.45) is 0 Å². The predicted octanol–water partition coefficient (Wildman–Crippen LogP) is 3.12. The van der Waals surface area contributed by atoms with Gasteiger partial charge >= 0.3 is 6.18 Å². The first-order valence-electron chi connectivity index (χ1n) is 7.54. The Hall–Kier alpha value is -1.61. The number of hydrogen-bond donors (Lipinski definition) is 1. The van der Waals surface area contributed by atoms with Crippen molar-refractivity contribution >= 4 is 23.5 Å². The third-order valence-corrected chi connectivity index (χ3v) is 4.23. The molecule has 0 aliphatic rings. The zero-order valence-corrected chi connectivity index (χ0v) is 14.8. The van der Waals surface area contributed by atoms with Gasteiger partial charge in [-0.1, -0.05) is 6.07 Å². The van der Waals surface area contributed by atoms with Gasteiger partial charge in [0, 0.05) is 17.0 Å². The van der Waals surface area contributed by atoms with Crippen LogP contribution in [0.25, 0.3) is 0 Å². The predicted molar refractivity (Wildman–Crippen MR) is 88.3 cm³/mol. The van der Waals surface area contributed by atoms with Crippen LogP contribution in [-0.2, 0) is 4.79 Å². The number of halogens is 4. The number of benzene rings is 1. The molecule has 1 amide bonds. The molecule has 1 rings (SSSR count). The number of rotatable bonds is 9. The van der Waals surface area contributed by atoms with Gasteiger partial charge in [0.05, 0.1) is 12.3 Å². The van der Waals surface area contributed by atoms with Gasteiger partial charge in [-0.05, 0) is 39.1 Å². The second-order valence-electron chi connectivity index (χ2n) is 5.55. The van der Waals surface area contributed by atoms with Gasteiger partial charge in [-0.25, -0.2) is 4.39 Å². The molecule has 0 heterocycles. The molecule has 0 unspecified atom stereocenters. The molecule has 0 saturated carbocycles. The molecule has 1 aromatic rings. The second kappa shape index (κ2) is 9.76. The van der Waals surface area contributed by atoms with E-state index < -0.39 is 18.5 Å². The van der Waals surface area contributed by atoms with Crippen LogP contribution < -0.4 is 5.32 Å². The van der Waals surface area contributed by atoms with Crippen molar-refractivity contribution in [2.45, 2.75) is 24.4 Å². The maximum Gasteiger partial charge on any atom is 0.401 e. The van der Waals surface area contributed by atoms with E-state index in [0.29, 0.717) is 6.42 Å². The molecule has 140 valence electrons. The minimum absolute atomic E-state index is 0.0191. The van der Waals surface area contributed by atoms with E-state index in [0.717, 1.165) is 22.7 Å². The van der Waals surface area contributed by atoms with Crippen LogP contribution in [0, 0.1) is 5.82 Å². The highest BCUT2D eigenvalue weighted by Gasteiger charge is 2.28. The van der Waals surface area contributed by atoms with Crippen molar-refractivity contribution in [3.8, 4) is 0 Å². The largest absolute Gasteiger partial charge is 0.401 e. The molecule has 25 heavy (non-hydrogen) atoms. The molecule has 0 spiro atoms. The first-order valence-corrected chi connectivity index (χ1v) is 8.52. The molecule has 1 N–H and O–H groups in total. The van der Waals surface area contributed by atoms with Crippen LogP contribution in [0.1, 0.15) is 23.7 Å². The van der Waals surface area contributed by atoms with E-state index in [1.54, 1.807) is 0 Å². The Labute approximate surface area is 147 Å². The zero-order valence-electron chi connectivity index (χ0n) is 14.0. The summed E-state index contributed by atoms with van der Waals surface area (Å²) in [7, 11) is 1.36. The van der Waals surface area contributed by atoms with Crippen molar-refractivity contribution in [3.05, 3.63) is 29.6 Å². The normalized spacial score (nSPS) is 11.6. The summed E-state index contributed by atoms with van der Waals surface area (Å²) in [6.45, 7) is 0.787. The Morgan fingerprint density at radius 2 is 1.96 bits per heavy atom. The average Bonchev–Trinajstić information content (AvgIpc) is 2.48. The van der Waals surface area contributed by atoms with E-state index >= 15 is 0 Å². The van der Waals surface area contributed by atoms with Crippen molar-refractivity contribution in [1.82, 2.24) is 10.2 Å². The Morgan fingerprint density at radius 1 is 1.28 bits per heavy atom. The number of hydrogen-bond acceptors (Lipinski definition) is 4. The topological polar surface area (TPSA) is 49.4 Å². The van der Waals surface area contributed by atoms with E-state index in [9.17, 15) is 27.2 Å². The maximum absolute atomic E-state index is 13.8. The second-order valence-corrected chi connectivity index (χ2v) is 6.56. The van der Waals surface area contributed by atoms with Gasteiger partial charge in [-0.15, -0.1) is 11.8 Å². The third-order valence-electron chi connectivity index (χ3n) is 3.19. The van der Waals surface area contributed by atoms with E-state index in [2.05, 4.69) is 5.32 Å². The lowest BCUT2D eigenvalue weighted by Crippen LogP contribution is -2.34. The van der Waals surface area contributed by atoms with Crippen LogP contribution in [0.5, 0.6) is 0 Å². The fourth-order valence-corrected chi connectivity index (χ4v) is 2.74. The molecule has 1 aromatic carbocycles. The number of nitrogens with zero attached hydrogens (tertiary/aromatic N) is 1. The van der Waals surface area contributed by atoms with Gasteiger partial charge in [0.25, 0.3) is 0 Å². The minimum atomic E-state index is -4.24. The Bertz CT molecular complexity index is 608. The number of ketones is 1. The molecular weight excluding hydrogens is 360 g/mol. The van der Waals surface area contributed by atoms with Crippen LogP contribution in [-0.4, -0.2) is 55.2 Å². The lowest BCUT2D eigenvalue weighted by atomic mass is 10.1. The van der Waals surface area contributed by atoms with Gasteiger partial charge < -0.3 is 5.32 Å². The highest BCUT2D eigenvalue weighted by Crippen LogP contribution is 2.22. The van der Waals surface area contributed by atoms with Crippen LogP contribution >= 0.6 is 11.8 Å². The molecule has 0 bridgehead atoms. The zero-order chi connectivity index (χ0) is 19.0. The summed E-state index contributed by atoms with van der Waals surface area (Å²) in [5.41, 5.74) is 0.259. The van der Waals surface area contributed by atoms with Crippen molar-refractivity contribution in [1.29, 1.82) is 0 Å². The fraction of sp³-hybridized carbons (Fsp3) is 0.500. The number of amides is 1. The summed E-state index contributed by atoms with van der Waals surface area (Å²) in [6, 6.07) is 4.05. The Kier molecular flexibility index (Phi) is 8.37. The van der Waals surface area contributed by atoms with Crippen LogP contribution in [0.4, 0.5) is 17.6 Å². The van der Waals surface area contributed by atoms with Gasteiger partial charge in [-0.3, -0.25) is 14.5 Å². The summed E-state index contributed by atoms with van der Waals surface area (Å²) in [5.74, 6) is -1.17. The fourth-order valence-electron chi connectivity index (χ4n) is 1.99. The molecule has 0 atom stereocenters. The number of thioether (sulfide) groups is 1. The Morgan fingerprint density at radius 3 is 2.52 bits per heavy atom. The van der Waals surface area contributed by atoms with Crippen LogP contribution in [0.2, 0.25) is 0 Å². The highest BCUT2D eigenvalue weighted by atomic mass is 32.2. The van der Waals surface area contributed by atoms with Crippen molar-refractivity contribution in [3.63, 3.8) is 0 Å². The third kappa shape index (κ3) is 8.87. The van der Waals surface area contributed by atoms with E-state index in [4.69, 9.17) is 0 Å². The van der Waals surface area contributed by atoms with Gasteiger partial charge in [-0.2, -0.15) is 13.2 Å². The summed E-state index contributed by atoms with van der Waals surface area (Å²) in [5, 5.41) is 2.58. The Balaban J connectivity index is 2.28. The summed E-state index contributed by atoms with van der Waals surface area (Å²) in [6.07, 6.45) is -3.86. The number of nitrogens with one attached hydrogen (secondary N) is 1. The molecular formula is C16H20F4N2O2S. The first-order chi connectivity index (χ1) is 11.6. The first kappa shape index (κ1) is 21.4. The van der Waals surface area contributed by atoms with Crippen LogP contribution in [0.3, 0.4) is 0 Å². The van der Waals surface area contributed by atoms with E-state index in [-0.39, 0.29) is 41.0 Å². The summed E-state index contributed by atoms with van der Waals surface area (Å²) >= 11 is 0.990. The number of Topliss-reactive ketones (excluding diaryl/α,β-unsaturated/α-hetero) is 1. The molecule has 9 heteroatoms.